The summed E-state index contributed by atoms with van der Waals surface area (Å²) in [5.74, 6) is 0.899. The van der Waals surface area contributed by atoms with Gasteiger partial charge in [-0.1, -0.05) is 6.92 Å². The van der Waals surface area contributed by atoms with Crippen molar-refractivity contribution in [3.05, 3.63) is 39.8 Å². The molecule has 5 heteroatoms. The van der Waals surface area contributed by atoms with E-state index in [0.717, 1.165) is 0 Å². The van der Waals surface area contributed by atoms with Gasteiger partial charge in [0.2, 0.25) is 0 Å². The van der Waals surface area contributed by atoms with Crippen LogP contribution in [0.15, 0.2) is 18.2 Å². The van der Waals surface area contributed by atoms with Gasteiger partial charge in [-0.25, -0.2) is 0 Å². The van der Waals surface area contributed by atoms with E-state index in [0.29, 0.717) is 23.8 Å². The first kappa shape index (κ1) is 12.4. The third-order valence-electron chi connectivity index (χ3n) is 2.13. The molecule has 0 aliphatic rings. The lowest BCUT2D eigenvalue weighted by Crippen LogP contribution is -2.03. The third kappa shape index (κ3) is 2.68. The quantitative estimate of drug-likeness (QED) is 0.573. The minimum atomic E-state index is -0.652. The average molecular weight is 226 g/mol. The highest BCUT2D eigenvalue weighted by Crippen LogP contribution is 2.30. The second-order valence-electron chi connectivity index (χ2n) is 3.28. The number of non-ortho nitro benzene ring substituents is 1. The summed E-state index contributed by atoms with van der Waals surface area (Å²) in [6, 6.07) is 4.18. The molecule has 0 saturated heterocycles. The Kier molecular flexibility index (Phi) is 4.22. The largest absolute Gasteiger partial charge is 0.494 e. The smallest absolute Gasteiger partial charge is 0.269 e. The topological polar surface area (TPSA) is 52.4 Å². The van der Waals surface area contributed by atoms with Crippen molar-refractivity contribution in [1.29, 1.82) is 0 Å². The highest BCUT2D eigenvalue weighted by Gasteiger charge is 2.17. The summed E-state index contributed by atoms with van der Waals surface area (Å²) in [6.07, 6.45) is 0. The van der Waals surface area contributed by atoms with Gasteiger partial charge in [0.1, 0.15) is 5.75 Å². The van der Waals surface area contributed by atoms with Crippen LogP contribution in [-0.4, -0.2) is 18.2 Å². The zero-order chi connectivity index (χ0) is 12.1. The van der Waals surface area contributed by atoms with Crippen molar-refractivity contribution in [2.75, 3.05) is 13.3 Å². The molecule has 0 bridgehead atoms. The van der Waals surface area contributed by atoms with E-state index in [9.17, 15) is 14.5 Å². The predicted molar refractivity (Wildman–Crippen MR) is 58.3 cm³/mol. The van der Waals surface area contributed by atoms with Gasteiger partial charge >= 0.3 is 0 Å². The van der Waals surface area contributed by atoms with Crippen LogP contribution in [0.25, 0.3) is 0 Å². The maximum Gasteiger partial charge on any atom is 0.269 e. The number of hydrogen-bond acceptors (Lipinski definition) is 3. The SMILES string of the molecule is CCOc1ccc([N+](=O)[O-])cc1[C](C)CF. The fourth-order valence-corrected chi connectivity index (χ4v) is 1.32. The maximum absolute atomic E-state index is 12.6. The van der Waals surface area contributed by atoms with E-state index in [4.69, 9.17) is 4.74 Å². The van der Waals surface area contributed by atoms with Crippen LogP contribution in [0, 0.1) is 16.0 Å². The molecule has 1 aromatic rings. The molecule has 0 aliphatic carbocycles. The summed E-state index contributed by atoms with van der Waals surface area (Å²) < 4.78 is 17.8. The van der Waals surface area contributed by atoms with Crippen molar-refractivity contribution in [3.8, 4) is 5.75 Å². The lowest BCUT2D eigenvalue weighted by molar-refractivity contribution is -0.384. The Morgan fingerprint density at radius 1 is 1.56 bits per heavy atom. The average Bonchev–Trinajstić information content (AvgIpc) is 2.28. The minimum absolute atomic E-state index is 0.0637. The molecule has 0 fully saturated rings. The van der Waals surface area contributed by atoms with Crippen molar-refractivity contribution in [2.45, 2.75) is 13.8 Å². The summed E-state index contributed by atoms with van der Waals surface area (Å²) in [6.45, 7) is 3.17. The number of rotatable bonds is 5. The number of nitro groups is 1. The van der Waals surface area contributed by atoms with E-state index in [1.807, 2.05) is 0 Å². The molecule has 0 N–H and O–H groups in total. The van der Waals surface area contributed by atoms with Crippen molar-refractivity contribution >= 4 is 5.69 Å². The van der Waals surface area contributed by atoms with Gasteiger partial charge in [0, 0.05) is 23.6 Å². The Morgan fingerprint density at radius 3 is 2.75 bits per heavy atom. The Labute approximate surface area is 93.2 Å². The summed E-state index contributed by atoms with van der Waals surface area (Å²) in [4.78, 5) is 10.1. The lowest BCUT2D eigenvalue weighted by atomic mass is 10.0. The Morgan fingerprint density at radius 2 is 2.25 bits per heavy atom. The Hall–Kier alpha value is -1.65. The minimum Gasteiger partial charge on any atom is -0.494 e. The molecule has 0 aliphatic heterocycles. The second kappa shape index (κ2) is 5.44. The fraction of sp³-hybridized carbons (Fsp3) is 0.364. The van der Waals surface area contributed by atoms with Crippen molar-refractivity contribution < 1.29 is 14.1 Å². The molecule has 0 aromatic heterocycles. The Bertz CT molecular complexity index is 381. The molecule has 0 saturated carbocycles. The standard InChI is InChI=1S/C11H13FNO3/c1-3-16-11-5-4-9(13(14)15)6-10(11)8(2)7-12/h4-6H,3,7H2,1-2H3. The summed E-state index contributed by atoms with van der Waals surface area (Å²) in [7, 11) is 0. The highest BCUT2D eigenvalue weighted by atomic mass is 19.1. The van der Waals surface area contributed by atoms with Crippen LogP contribution >= 0.6 is 0 Å². The molecular formula is C11H13FNO3. The number of hydrogen-bond donors (Lipinski definition) is 0. The molecule has 1 radical (unpaired) electrons. The fourth-order valence-electron chi connectivity index (χ4n) is 1.32. The van der Waals surface area contributed by atoms with E-state index in [2.05, 4.69) is 0 Å². The second-order valence-corrected chi connectivity index (χ2v) is 3.28. The molecule has 16 heavy (non-hydrogen) atoms. The number of nitro benzene ring substituents is 1. The van der Waals surface area contributed by atoms with Crippen molar-refractivity contribution in [2.24, 2.45) is 0 Å². The van der Waals surface area contributed by atoms with Crippen LogP contribution < -0.4 is 4.74 Å². The van der Waals surface area contributed by atoms with Gasteiger partial charge in [-0.2, -0.15) is 0 Å². The number of ether oxygens (including phenoxy) is 1. The molecule has 0 amide bonds. The first-order chi connectivity index (χ1) is 7.60. The van der Waals surface area contributed by atoms with Crippen molar-refractivity contribution in [1.82, 2.24) is 0 Å². The van der Waals surface area contributed by atoms with Gasteiger partial charge in [-0.05, 0) is 13.0 Å². The van der Waals surface area contributed by atoms with Crippen molar-refractivity contribution in [3.63, 3.8) is 0 Å². The Balaban J connectivity index is 3.15. The van der Waals surface area contributed by atoms with Gasteiger partial charge in [0.25, 0.3) is 5.69 Å². The van der Waals surface area contributed by atoms with Crippen LogP contribution in [0.5, 0.6) is 5.75 Å². The zero-order valence-corrected chi connectivity index (χ0v) is 9.20. The summed E-state index contributed by atoms with van der Waals surface area (Å²) in [5.41, 5.74) is 0.393. The van der Waals surface area contributed by atoms with Gasteiger partial charge in [-0.3, -0.25) is 14.5 Å². The first-order valence-electron chi connectivity index (χ1n) is 4.90. The molecule has 0 atom stereocenters. The monoisotopic (exact) mass is 226 g/mol. The highest BCUT2D eigenvalue weighted by molar-refractivity contribution is 5.50. The predicted octanol–water partition coefficient (Wildman–Crippen LogP) is 2.91. The summed E-state index contributed by atoms with van der Waals surface area (Å²) >= 11 is 0. The van der Waals surface area contributed by atoms with E-state index in [-0.39, 0.29) is 5.69 Å². The van der Waals surface area contributed by atoms with Crippen LogP contribution in [0.3, 0.4) is 0 Å². The molecular weight excluding hydrogens is 213 g/mol. The van der Waals surface area contributed by atoms with Gasteiger partial charge < -0.3 is 4.74 Å². The van der Waals surface area contributed by atoms with Gasteiger partial charge in [0.05, 0.1) is 18.2 Å². The van der Waals surface area contributed by atoms with Crippen LogP contribution in [0.2, 0.25) is 0 Å². The molecule has 0 unspecified atom stereocenters. The molecule has 1 rings (SSSR count). The lowest BCUT2D eigenvalue weighted by Gasteiger charge is -2.12. The van der Waals surface area contributed by atoms with E-state index in [1.54, 1.807) is 13.8 Å². The number of alkyl halides is 1. The molecule has 4 nitrogen and oxygen atoms in total. The number of halogens is 1. The van der Waals surface area contributed by atoms with Crippen LogP contribution in [0.1, 0.15) is 19.4 Å². The van der Waals surface area contributed by atoms with Gasteiger partial charge in [-0.15, -0.1) is 0 Å². The molecule has 1 aromatic carbocycles. The van der Waals surface area contributed by atoms with E-state index in [1.165, 1.54) is 18.2 Å². The normalized spacial score (nSPS) is 10.5. The zero-order valence-electron chi connectivity index (χ0n) is 9.20. The molecule has 0 heterocycles. The summed E-state index contributed by atoms with van der Waals surface area (Å²) in [5, 5.41) is 10.6. The molecule has 87 valence electrons. The van der Waals surface area contributed by atoms with Crippen LogP contribution in [0.4, 0.5) is 10.1 Å². The maximum atomic E-state index is 12.6. The van der Waals surface area contributed by atoms with E-state index >= 15 is 0 Å². The van der Waals surface area contributed by atoms with Crippen LogP contribution in [-0.2, 0) is 0 Å². The van der Waals surface area contributed by atoms with Gasteiger partial charge in [0.15, 0.2) is 0 Å². The first-order valence-corrected chi connectivity index (χ1v) is 4.90. The molecule has 0 spiro atoms. The third-order valence-corrected chi connectivity index (χ3v) is 2.13. The van der Waals surface area contributed by atoms with E-state index < -0.39 is 11.6 Å². The number of benzene rings is 1. The number of nitrogens with zero attached hydrogens (tertiary/aromatic N) is 1.